The number of nitrogens with zero attached hydrogens (tertiary/aromatic N) is 1. The second-order valence-electron chi connectivity index (χ2n) is 12.2. The van der Waals surface area contributed by atoms with Crippen molar-refractivity contribution in [2.45, 2.75) is 64.6 Å². The normalized spacial score (nSPS) is 18.0. The zero-order valence-electron chi connectivity index (χ0n) is 23.9. The summed E-state index contributed by atoms with van der Waals surface area (Å²) >= 11 is 0. The fourth-order valence-corrected chi connectivity index (χ4v) is 5.59. The molecule has 1 amide bonds. The van der Waals surface area contributed by atoms with Crippen LogP contribution in [-0.4, -0.2) is 51.5 Å². The van der Waals surface area contributed by atoms with Crippen LogP contribution < -0.4 is 4.74 Å². The van der Waals surface area contributed by atoms with Gasteiger partial charge >= 0.3 is 6.09 Å². The SMILES string of the molecule is CC(C)COc1cc(COC2CN(C(=O)OCC[Si](C)(C)C)CCC2c2ccc(F)cc2)cc2ccccc12. The largest absolute Gasteiger partial charge is 0.493 e. The molecule has 0 N–H and O–H groups in total. The van der Waals surface area contributed by atoms with E-state index < -0.39 is 8.07 Å². The number of hydrogen-bond donors (Lipinski definition) is 0. The lowest BCUT2D eigenvalue weighted by Crippen LogP contribution is -2.47. The molecule has 1 aliphatic rings. The Morgan fingerprint density at radius 1 is 1.08 bits per heavy atom. The standard InChI is InChI=1S/C32H42FNO4Si/c1-23(2)21-37-30-19-24(18-26-8-6-7-9-28(26)30)22-38-31-20-34(32(35)36-16-17-39(3,4)5)15-14-29(31)25-10-12-27(33)13-11-25/h6-13,18-19,23,29,31H,14-17,20-22H2,1-5H3. The number of fused-ring (bicyclic) bond motifs is 1. The van der Waals surface area contributed by atoms with Gasteiger partial charge in [-0.2, -0.15) is 0 Å². The molecule has 39 heavy (non-hydrogen) atoms. The van der Waals surface area contributed by atoms with E-state index in [0.29, 0.717) is 38.8 Å². The van der Waals surface area contributed by atoms with Crippen LogP contribution in [0, 0.1) is 11.7 Å². The smallest absolute Gasteiger partial charge is 0.409 e. The first-order valence-electron chi connectivity index (χ1n) is 14.0. The molecule has 4 rings (SSSR count). The van der Waals surface area contributed by atoms with E-state index >= 15 is 0 Å². The maximum absolute atomic E-state index is 13.7. The van der Waals surface area contributed by atoms with E-state index in [0.717, 1.165) is 40.1 Å². The molecular weight excluding hydrogens is 509 g/mol. The number of likely N-dealkylation sites (tertiary alicyclic amines) is 1. The molecule has 0 aliphatic carbocycles. The quantitative estimate of drug-likeness (QED) is 0.241. The van der Waals surface area contributed by atoms with Gasteiger partial charge in [0.25, 0.3) is 0 Å². The zero-order chi connectivity index (χ0) is 28.0. The molecule has 1 aliphatic heterocycles. The Bertz CT molecular complexity index is 1240. The van der Waals surface area contributed by atoms with E-state index in [9.17, 15) is 9.18 Å². The van der Waals surface area contributed by atoms with Crippen LogP contribution in [0.5, 0.6) is 5.75 Å². The molecule has 5 nitrogen and oxygen atoms in total. The second kappa shape index (κ2) is 13.0. The lowest BCUT2D eigenvalue weighted by atomic mass is 9.87. The molecule has 3 aromatic rings. The lowest BCUT2D eigenvalue weighted by molar-refractivity contribution is -0.0234. The van der Waals surface area contributed by atoms with Gasteiger partial charge in [0.1, 0.15) is 11.6 Å². The molecule has 0 spiro atoms. The highest BCUT2D eigenvalue weighted by molar-refractivity contribution is 6.76. The van der Waals surface area contributed by atoms with Gasteiger partial charge in [0.2, 0.25) is 0 Å². The van der Waals surface area contributed by atoms with Crippen LogP contribution in [0.15, 0.2) is 60.7 Å². The maximum Gasteiger partial charge on any atom is 0.409 e. The predicted molar refractivity (Wildman–Crippen MR) is 158 cm³/mol. The Morgan fingerprint density at radius 3 is 2.54 bits per heavy atom. The topological polar surface area (TPSA) is 48.0 Å². The summed E-state index contributed by atoms with van der Waals surface area (Å²) in [6, 6.07) is 20.0. The van der Waals surface area contributed by atoms with Gasteiger partial charge in [-0.15, -0.1) is 0 Å². The average Bonchev–Trinajstić information content (AvgIpc) is 2.90. The number of benzene rings is 3. The first-order valence-corrected chi connectivity index (χ1v) is 17.7. The van der Waals surface area contributed by atoms with Crippen LogP contribution in [-0.2, 0) is 16.1 Å². The van der Waals surface area contributed by atoms with Crippen molar-refractivity contribution in [3.8, 4) is 5.75 Å². The summed E-state index contributed by atoms with van der Waals surface area (Å²) in [5.74, 6) is 1.06. The van der Waals surface area contributed by atoms with Crippen molar-refractivity contribution < 1.29 is 23.4 Å². The van der Waals surface area contributed by atoms with E-state index in [1.165, 1.54) is 12.1 Å². The number of hydrogen-bond acceptors (Lipinski definition) is 4. The molecule has 3 aromatic carbocycles. The van der Waals surface area contributed by atoms with Crippen molar-refractivity contribution in [3.05, 3.63) is 77.6 Å². The molecular formula is C32H42FNO4Si. The van der Waals surface area contributed by atoms with Crippen LogP contribution in [0.25, 0.3) is 10.8 Å². The number of amides is 1. The van der Waals surface area contributed by atoms with Gasteiger partial charge in [-0.1, -0.05) is 69.9 Å². The van der Waals surface area contributed by atoms with Crippen molar-refractivity contribution in [1.29, 1.82) is 0 Å². The molecule has 7 heteroatoms. The summed E-state index contributed by atoms with van der Waals surface area (Å²) in [6.45, 7) is 13.6. The summed E-state index contributed by atoms with van der Waals surface area (Å²) in [5, 5.41) is 2.18. The summed E-state index contributed by atoms with van der Waals surface area (Å²) in [4.78, 5) is 14.7. The average molecular weight is 552 g/mol. The summed E-state index contributed by atoms with van der Waals surface area (Å²) in [5.41, 5.74) is 2.03. The van der Waals surface area contributed by atoms with Gasteiger partial charge in [0.05, 0.1) is 32.5 Å². The third kappa shape index (κ3) is 8.29. The number of carbonyl (C=O) groups excluding carboxylic acids is 1. The van der Waals surface area contributed by atoms with Gasteiger partial charge in [-0.05, 0) is 59.2 Å². The predicted octanol–water partition coefficient (Wildman–Crippen LogP) is 7.86. The minimum Gasteiger partial charge on any atom is -0.493 e. The molecule has 2 unspecified atom stereocenters. The lowest BCUT2D eigenvalue weighted by Gasteiger charge is -2.38. The van der Waals surface area contributed by atoms with E-state index in [1.807, 2.05) is 24.3 Å². The highest BCUT2D eigenvalue weighted by Gasteiger charge is 2.34. The molecule has 0 bridgehead atoms. The highest BCUT2D eigenvalue weighted by atomic mass is 28.3. The third-order valence-electron chi connectivity index (χ3n) is 7.11. The minimum atomic E-state index is -1.30. The first kappa shape index (κ1) is 29.1. The van der Waals surface area contributed by atoms with Crippen LogP contribution in [0.1, 0.15) is 37.3 Å². The number of halogens is 1. The van der Waals surface area contributed by atoms with Crippen molar-refractivity contribution >= 4 is 24.9 Å². The van der Waals surface area contributed by atoms with Crippen molar-refractivity contribution in [2.24, 2.45) is 5.92 Å². The zero-order valence-corrected chi connectivity index (χ0v) is 24.9. The molecule has 1 fully saturated rings. The summed E-state index contributed by atoms with van der Waals surface area (Å²) in [7, 11) is -1.30. The van der Waals surface area contributed by atoms with Crippen molar-refractivity contribution in [1.82, 2.24) is 4.90 Å². The molecule has 0 radical (unpaired) electrons. The number of ether oxygens (including phenoxy) is 3. The van der Waals surface area contributed by atoms with Crippen molar-refractivity contribution in [2.75, 3.05) is 26.3 Å². The van der Waals surface area contributed by atoms with Gasteiger partial charge < -0.3 is 19.1 Å². The fraction of sp³-hybridized carbons (Fsp3) is 0.469. The molecule has 210 valence electrons. The minimum absolute atomic E-state index is 0.0498. The molecule has 0 aromatic heterocycles. The Hall–Kier alpha value is -2.90. The van der Waals surface area contributed by atoms with Gasteiger partial charge in [-0.25, -0.2) is 9.18 Å². The second-order valence-corrected chi connectivity index (χ2v) is 17.8. The summed E-state index contributed by atoms with van der Waals surface area (Å²) in [6.07, 6.45) is 0.189. The monoisotopic (exact) mass is 551 g/mol. The highest BCUT2D eigenvalue weighted by Crippen LogP contribution is 2.33. The Labute approximate surface area is 233 Å². The van der Waals surface area contributed by atoms with E-state index in [1.54, 1.807) is 4.90 Å². The van der Waals surface area contributed by atoms with Gasteiger partial charge in [0.15, 0.2) is 0 Å². The third-order valence-corrected chi connectivity index (χ3v) is 8.82. The number of rotatable bonds is 10. The number of piperidine rings is 1. The van der Waals surface area contributed by atoms with Crippen LogP contribution >= 0.6 is 0 Å². The summed E-state index contributed by atoms with van der Waals surface area (Å²) < 4.78 is 32.0. The first-order chi connectivity index (χ1) is 18.6. The van der Waals surface area contributed by atoms with Crippen molar-refractivity contribution in [3.63, 3.8) is 0 Å². The van der Waals surface area contributed by atoms with E-state index in [4.69, 9.17) is 14.2 Å². The number of carbonyl (C=O) groups is 1. The maximum atomic E-state index is 13.7. The Morgan fingerprint density at radius 2 is 1.82 bits per heavy atom. The van der Waals surface area contributed by atoms with Crippen LogP contribution in [0.2, 0.25) is 25.7 Å². The van der Waals surface area contributed by atoms with E-state index in [-0.39, 0.29) is 23.9 Å². The molecule has 1 saturated heterocycles. The van der Waals surface area contributed by atoms with E-state index in [2.05, 4.69) is 57.8 Å². The molecule has 1 heterocycles. The fourth-order valence-electron chi connectivity index (χ4n) is 4.88. The van der Waals surface area contributed by atoms with Crippen LogP contribution in [0.3, 0.4) is 0 Å². The molecule has 0 saturated carbocycles. The Kier molecular flexibility index (Phi) is 9.67. The Balaban J connectivity index is 1.51. The van der Waals surface area contributed by atoms with Gasteiger partial charge in [-0.3, -0.25) is 0 Å². The van der Waals surface area contributed by atoms with Crippen LogP contribution in [0.4, 0.5) is 9.18 Å². The van der Waals surface area contributed by atoms with Gasteiger partial charge in [0, 0.05) is 25.9 Å². The molecule has 2 atom stereocenters.